The van der Waals surface area contributed by atoms with Crippen molar-refractivity contribution in [3.05, 3.63) is 0 Å². The molecule has 0 bridgehead atoms. The van der Waals surface area contributed by atoms with Gasteiger partial charge in [0.25, 0.3) is 0 Å². The summed E-state index contributed by atoms with van der Waals surface area (Å²) in [6, 6.07) is 0. The average molecular weight is 546 g/mol. The van der Waals surface area contributed by atoms with Gasteiger partial charge in [-0.15, -0.1) is 0 Å². The van der Waals surface area contributed by atoms with Gasteiger partial charge in [0.2, 0.25) is 0 Å². The van der Waals surface area contributed by atoms with Crippen molar-refractivity contribution in [3.8, 4) is 0 Å². The molecule has 206 valence electrons. The molecule has 13 heteroatoms. The first-order valence-corrected chi connectivity index (χ1v) is 18.6. The summed E-state index contributed by atoms with van der Waals surface area (Å²) >= 11 is 0. The Bertz CT molecular complexity index is 377. The lowest BCUT2D eigenvalue weighted by Gasteiger charge is -2.40. The monoisotopic (exact) mass is 545 g/mol. The van der Waals surface area contributed by atoms with Crippen LogP contribution in [0.3, 0.4) is 0 Å². The van der Waals surface area contributed by atoms with Crippen molar-refractivity contribution in [2.45, 2.75) is 62.3 Å². The van der Waals surface area contributed by atoms with E-state index >= 15 is 0 Å². The summed E-state index contributed by atoms with van der Waals surface area (Å²) in [6.07, 6.45) is 1.23. The van der Waals surface area contributed by atoms with Crippen LogP contribution in [0.1, 0.15) is 62.3 Å². The molecule has 0 aliphatic rings. The predicted molar refractivity (Wildman–Crippen MR) is 138 cm³/mol. The second-order valence-corrected chi connectivity index (χ2v) is 14.7. The molecule has 0 fully saturated rings. The van der Waals surface area contributed by atoms with Gasteiger partial charge in [-0.3, -0.25) is 4.90 Å². The maximum Gasteiger partial charge on any atom is 0.515 e. The standard InChI is InChI=1S/C21H51NO9Si3/c1-10-23-32(24-11-2,25-12-3)19-22(20-33(26-13-4,27-14-5)28-15-6)21-34(29-16-7,30-17-8)31-18-9/h10-21H2,1-9H3. The Hall–Kier alpha value is 0.251. The highest BCUT2D eigenvalue weighted by atomic mass is 28.4. The van der Waals surface area contributed by atoms with Gasteiger partial charge in [-0.2, -0.15) is 0 Å². The number of hydrogen-bond acceptors (Lipinski definition) is 10. The lowest BCUT2D eigenvalue weighted by molar-refractivity contribution is 0.0310. The first-order valence-electron chi connectivity index (χ1n) is 12.8. The Kier molecular flexibility index (Phi) is 19.5. The minimum absolute atomic E-state index is 0.409. The summed E-state index contributed by atoms with van der Waals surface area (Å²) in [6.45, 7) is 21.9. The van der Waals surface area contributed by atoms with Gasteiger partial charge in [-0.25, -0.2) is 0 Å². The molecule has 0 saturated carbocycles. The third kappa shape index (κ3) is 12.0. The van der Waals surface area contributed by atoms with Crippen LogP contribution in [0.4, 0.5) is 0 Å². The van der Waals surface area contributed by atoms with Gasteiger partial charge in [-0.05, 0) is 62.3 Å². The van der Waals surface area contributed by atoms with Crippen molar-refractivity contribution in [2.24, 2.45) is 0 Å². The van der Waals surface area contributed by atoms with Crippen LogP contribution in [0.5, 0.6) is 0 Å². The summed E-state index contributed by atoms with van der Waals surface area (Å²) in [7, 11) is -9.18. The third-order valence-corrected chi connectivity index (χ3v) is 13.6. The smallest absolute Gasteiger partial charge is 0.373 e. The Labute approximate surface area is 211 Å². The van der Waals surface area contributed by atoms with Gasteiger partial charge >= 0.3 is 26.4 Å². The number of hydrogen-bond donors (Lipinski definition) is 0. The summed E-state index contributed by atoms with van der Waals surface area (Å²) in [5.41, 5.74) is 0. The molecule has 0 aromatic heterocycles. The van der Waals surface area contributed by atoms with E-state index in [1.54, 1.807) is 0 Å². The highest BCUT2D eigenvalue weighted by Gasteiger charge is 2.52. The van der Waals surface area contributed by atoms with Crippen LogP contribution in [0, 0.1) is 0 Å². The van der Waals surface area contributed by atoms with Crippen LogP contribution in [0.15, 0.2) is 0 Å². The van der Waals surface area contributed by atoms with Gasteiger partial charge in [-0.1, -0.05) is 0 Å². The van der Waals surface area contributed by atoms with Crippen LogP contribution in [-0.2, 0) is 39.8 Å². The van der Waals surface area contributed by atoms with Crippen molar-refractivity contribution >= 4 is 26.4 Å². The zero-order valence-corrected chi connectivity index (χ0v) is 26.1. The lowest BCUT2D eigenvalue weighted by Crippen LogP contribution is -2.65. The summed E-state index contributed by atoms with van der Waals surface area (Å²) in [5, 5.41) is 0. The van der Waals surface area contributed by atoms with E-state index in [0.717, 1.165) is 0 Å². The molecule has 0 aromatic carbocycles. The normalized spacial score (nSPS) is 13.2. The molecule has 0 saturated heterocycles. The number of nitrogens with zero attached hydrogens (tertiary/aromatic N) is 1. The van der Waals surface area contributed by atoms with Crippen LogP contribution in [0.25, 0.3) is 0 Å². The maximum absolute atomic E-state index is 6.17. The topological polar surface area (TPSA) is 86.3 Å². The second-order valence-electron chi connectivity index (χ2n) is 7.09. The molecule has 0 N–H and O–H groups in total. The quantitative estimate of drug-likeness (QED) is 0.169. The molecule has 0 aliphatic carbocycles. The first kappa shape index (κ1) is 34.3. The average Bonchev–Trinajstić information content (AvgIpc) is 2.75. The van der Waals surface area contributed by atoms with Crippen LogP contribution < -0.4 is 0 Å². The van der Waals surface area contributed by atoms with Crippen LogP contribution >= 0.6 is 0 Å². The molecule has 0 aromatic rings. The molecular formula is C21H51NO9Si3. The molecule has 0 rings (SSSR count). The van der Waals surface area contributed by atoms with Gasteiger partial charge in [0.05, 0.1) is 18.5 Å². The van der Waals surface area contributed by atoms with E-state index in [-0.39, 0.29) is 0 Å². The highest BCUT2D eigenvalue weighted by molar-refractivity contribution is 6.64. The van der Waals surface area contributed by atoms with Crippen molar-refractivity contribution in [1.29, 1.82) is 0 Å². The first-order chi connectivity index (χ1) is 16.3. The summed E-state index contributed by atoms with van der Waals surface area (Å²) < 4.78 is 55.5. The summed E-state index contributed by atoms with van der Waals surface area (Å²) in [4.78, 5) is 2.15. The zero-order valence-electron chi connectivity index (χ0n) is 23.1. The van der Waals surface area contributed by atoms with Crippen LogP contribution in [0.2, 0.25) is 0 Å². The second kappa shape index (κ2) is 19.4. The van der Waals surface area contributed by atoms with E-state index in [2.05, 4.69) is 4.90 Å². The molecule has 0 spiro atoms. The van der Waals surface area contributed by atoms with Gasteiger partial charge < -0.3 is 39.8 Å². The van der Waals surface area contributed by atoms with Crippen molar-refractivity contribution in [1.82, 2.24) is 4.90 Å². The fraction of sp³-hybridized carbons (Fsp3) is 1.00. The predicted octanol–water partition coefficient (Wildman–Crippen LogP) is 3.05. The van der Waals surface area contributed by atoms with E-state index in [0.29, 0.717) is 78.0 Å². The fourth-order valence-corrected chi connectivity index (χ4v) is 12.3. The van der Waals surface area contributed by atoms with E-state index in [4.69, 9.17) is 39.8 Å². The Morgan fingerprint density at radius 1 is 0.324 bits per heavy atom. The zero-order chi connectivity index (χ0) is 25.9. The lowest BCUT2D eigenvalue weighted by atomic mass is 10.9. The Morgan fingerprint density at radius 3 is 0.588 bits per heavy atom. The van der Waals surface area contributed by atoms with Gasteiger partial charge in [0.15, 0.2) is 0 Å². The molecule has 0 atom stereocenters. The molecular weight excluding hydrogens is 494 g/mol. The van der Waals surface area contributed by atoms with Crippen LogP contribution in [-0.4, -0.2) is 109 Å². The van der Waals surface area contributed by atoms with Crippen molar-refractivity contribution in [2.75, 3.05) is 78.0 Å². The fourth-order valence-electron chi connectivity index (χ4n) is 3.75. The third-order valence-electron chi connectivity index (χ3n) is 4.53. The summed E-state index contributed by atoms with van der Waals surface area (Å²) in [5.74, 6) is 0. The Morgan fingerprint density at radius 2 is 0.471 bits per heavy atom. The van der Waals surface area contributed by atoms with Gasteiger partial charge in [0, 0.05) is 59.5 Å². The minimum atomic E-state index is -3.06. The largest absolute Gasteiger partial charge is 0.515 e. The van der Waals surface area contributed by atoms with Gasteiger partial charge in [0.1, 0.15) is 0 Å². The Balaban J connectivity index is 6.41. The number of rotatable bonds is 24. The molecule has 34 heavy (non-hydrogen) atoms. The molecule has 0 heterocycles. The highest BCUT2D eigenvalue weighted by Crippen LogP contribution is 2.21. The minimum Gasteiger partial charge on any atom is -0.373 e. The molecule has 10 nitrogen and oxygen atoms in total. The maximum atomic E-state index is 6.17. The SMILES string of the molecule is CCO[Si](CN(C[Si](OCC)(OCC)OCC)C[Si](OCC)(OCC)OCC)(OCC)OCC. The molecule has 0 radical (unpaired) electrons. The molecule has 0 unspecified atom stereocenters. The van der Waals surface area contributed by atoms with E-state index in [1.807, 2.05) is 62.3 Å². The van der Waals surface area contributed by atoms with E-state index < -0.39 is 26.4 Å². The van der Waals surface area contributed by atoms with Crippen molar-refractivity contribution < 1.29 is 39.8 Å². The molecule has 0 aliphatic heterocycles. The van der Waals surface area contributed by atoms with E-state index in [9.17, 15) is 0 Å². The molecule has 0 amide bonds. The van der Waals surface area contributed by atoms with Crippen molar-refractivity contribution in [3.63, 3.8) is 0 Å². The van der Waals surface area contributed by atoms with E-state index in [1.165, 1.54) is 0 Å².